The smallest absolute Gasteiger partial charge is 0.342 e. The van der Waals surface area contributed by atoms with Crippen LogP contribution in [-0.4, -0.2) is 28.6 Å². The van der Waals surface area contributed by atoms with E-state index in [0.29, 0.717) is 39.1 Å². The number of hydrogen-bond acceptors (Lipinski definition) is 6. The van der Waals surface area contributed by atoms with Crippen molar-refractivity contribution in [2.45, 2.75) is 31.3 Å². The molecule has 3 aromatic carbocycles. The Labute approximate surface area is 192 Å². The standard InChI is InChI=1S/C25H25NO6S/c1-15(2)16-9-11-17(12-10-16)33(28,29)26-21-13-20-23(25(27)31-4)22(14-30-3)32-24(20)19-8-6-5-7-18(19)21/h5-13,15,26H,14H2,1-4H3. The van der Waals surface area contributed by atoms with Crippen LogP contribution < -0.4 is 4.72 Å². The van der Waals surface area contributed by atoms with Gasteiger partial charge in [0.05, 0.1) is 17.7 Å². The number of methoxy groups -OCH3 is 2. The minimum atomic E-state index is -3.88. The fourth-order valence-corrected chi connectivity index (χ4v) is 4.92. The van der Waals surface area contributed by atoms with Crippen LogP contribution >= 0.6 is 0 Å². The molecule has 0 aliphatic carbocycles. The minimum absolute atomic E-state index is 0.0662. The molecular weight excluding hydrogens is 442 g/mol. The molecule has 4 rings (SSSR count). The van der Waals surface area contributed by atoms with Crippen LogP contribution in [-0.2, 0) is 26.1 Å². The maximum absolute atomic E-state index is 13.2. The van der Waals surface area contributed by atoms with E-state index in [1.54, 1.807) is 24.3 Å². The highest BCUT2D eigenvalue weighted by molar-refractivity contribution is 7.92. The second-order valence-corrected chi connectivity index (χ2v) is 9.68. The second kappa shape index (κ2) is 8.88. The third kappa shape index (κ3) is 4.19. The van der Waals surface area contributed by atoms with Crippen LogP contribution in [0.5, 0.6) is 0 Å². The number of fused-ring (bicyclic) bond motifs is 3. The summed E-state index contributed by atoms with van der Waals surface area (Å²) in [7, 11) is -1.10. The largest absolute Gasteiger partial charge is 0.465 e. The van der Waals surface area contributed by atoms with Gasteiger partial charge in [-0.15, -0.1) is 0 Å². The topological polar surface area (TPSA) is 94.8 Å². The Hall–Kier alpha value is -3.36. The van der Waals surface area contributed by atoms with Crippen LogP contribution in [0.3, 0.4) is 0 Å². The van der Waals surface area contributed by atoms with E-state index in [4.69, 9.17) is 13.9 Å². The average molecular weight is 468 g/mol. The summed E-state index contributed by atoms with van der Waals surface area (Å²) >= 11 is 0. The van der Waals surface area contributed by atoms with Crippen molar-refractivity contribution in [3.63, 3.8) is 0 Å². The lowest BCUT2D eigenvalue weighted by Gasteiger charge is -2.13. The normalized spacial score (nSPS) is 11.9. The number of ether oxygens (including phenoxy) is 2. The molecule has 1 aromatic heterocycles. The summed E-state index contributed by atoms with van der Waals surface area (Å²) in [6.45, 7) is 4.16. The van der Waals surface area contributed by atoms with E-state index >= 15 is 0 Å². The van der Waals surface area contributed by atoms with Gasteiger partial charge in [-0.2, -0.15) is 0 Å². The van der Waals surface area contributed by atoms with Crippen molar-refractivity contribution in [3.8, 4) is 0 Å². The molecule has 0 amide bonds. The Bertz CT molecular complexity index is 1440. The zero-order valence-corrected chi connectivity index (χ0v) is 19.7. The number of rotatable bonds is 7. The van der Waals surface area contributed by atoms with Crippen LogP contribution in [0.1, 0.15) is 41.4 Å². The highest BCUT2D eigenvalue weighted by Crippen LogP contribution is 2.38. The number of esters is 1. The number of hydrogen-bond donors (Lipinski definition) is 1. The molecule has 0 bridgehead atoms. The highest BCUT2D eigenvalue weighted by Gasteiger charge is 2.25. The zero-order valence-electron chi connectivity index (χ0n) is 18.8. The van der Waals surface area contributed by atoms with Crippen LogP contribution in [0.15, 0.2) is 63.9 Å². The van der Waals surface area contributed by atoms with Crippen LogP contribution in [0.4, 0.5) is 5.69 Å². The number of sulfonamides is 1. The lowest BCUT2D eigenvalue weighted by atomic mass is 10.0. The van der Waals surface area contributed by atoms with Gasteiger partial charge in [0, 0.05) is 23.3 Å². The SMILES string of the molecule is COCc1oc2c(cc(NS(=O)(=O)c3ccc(C(C)C)cc3)c3ccccc32)c1C(=O)OC. The fourth-order valence-electron chi connectivity index (χ4n) is 3.85. The summed E-state index contributed by atoms with van der Waals surface area (Å²) in [5, 5.41) is 1.75. The first-order valence-corrected chi connectivity index (χ1v) is 11.9. The van der Waals surface area contributed by atoms with E-state index < -0.39 is 16.0 Å². The average Bonchev–Trinajstić information content (AvgIpc) is 3.17. The van der Waals surface area contributed by atoms with Crippen molar-refractivity contribution < 1.29 is 27.1 Å². The molecule has 0 aliphatic rings. The van der Waals surface area contributed by atoms with Crippen molar-refractivity contribution in [3.05, 3.63) is 71.5 Å². The van der Waals surface area contributed by atoms with Crippen molar-refractivity contribution in [1.82, 2.24) is 0 Å². The van der Waals surface area contributed by atoms with Gasteiger partial charge in [0.15, 0.2) is 0 Å². The van der Waals surface area contributed by atoms with E-state index in [0.717, 1.165) is 5.56 Å². The Morgan fingerprint density at radius 2 is 1.67 bits per heavy atom. The first-order chi connectivity index (χ1) is 15.8. The minimum Gasteiger partial charge on any atom is -0.465 e. The van der Waals surface area contributed by atoms with E-state index in [1.165, 1.54) is 14.2 Å². The maximum Gasteiger partial charge on any atom is 0.342 e. The third-order valence-electron chi connectivity index (χ3n) is 5.53. The van der Waals surface area contributed by atoms with Crippen LogP contribution in [0.2, 0.25) is 0 Å². The van der Waals surface area contributed by atoms with Crippen molar-refractivity contribution in [2.75, 3.05) is 18.9 Å². The molecule has 0 unspecified atom stereocenters. The summed E-state index contributed by atoms with van der Waals surface area (Å²) in [6.07, 6.45) is 0. The van der Waals surface area contributed by atoms with Crippen molar-refractivity contribution in [1.29, 1.82) is 0 Å². The predicted molar refractivity (Wildman–Crippen MR) is 127 cm³/mol. The van der Waals surface area contributed by atoms with Gasteiger partial charge in [-0.05, 0) is 29.7 Å². The van der Waals surface area contributed by atoms with Gasteiger partial charge >= 0.3 is 5.97 Å². The number of furan rings is 1. The first kappa shape index (κ1) is 22.8. The molecule has 4 aromatic rings. The molecule has 0 radical (unpaired) electrons. The summed E-state index contributed by atoms with van der Waals surface area (Å²) in [6, 6.07) is 15.6. The second-order valence-electron chi connectivity index (χ2n) is 8.00. The van der Waals surface area contributed by atoms with Crippen molar-refractivity contribution in [2.24, 2.45) is 0 Å². The maximum atomic E-state index is 13.2. The Kier molecular flexibility index (Phi) is 6.14. The molecule has 0 fully saturated rings. The number of carbonyl (C=O) groups is 1. The summed E-state index contributed by atoms with van der Waals surface area (Å²) in [5.41, 5.74) is 2.05. The van der Waals surface area contributed by atoms with Gasteiger partial charge in [0.2, 0.25) is 0 Å². The number of nitrogens with one attached hydrogen (secondary N) is 1. The molecule has 8 heteroatoms. The molecule has 1 N–H and O–H groups in total. The van der Waals surface area contributed by atoms with Gasteiger partial charge in [-0.1, -0.05) is 50.2 Å². The molecule has 0 spiro atoms. The van der Waals surface area contributed by atoms with Crippen molar-refractivity contribution >= 4 is 43.4 Å². The summed E-state index contributed by atoms with van der Waals surface area (Å²) in [5.74, 6) is 0.0168. The van der Waals surface area contributed by atoms with E-state index in [1.807, 2.05) is 44.2 Å². The van der Waals surface area contributed by atoms with E-state index in [-0.39, 0.29) is 17.1 Å². The molecular formula is C25H25NO6S. The molecule has 172 valence electrons. The van der Waals surface area contributed by atoms with Gasteiger partial charge in [-0.3, -0.25) is 4.72 Å². The molecule has 0 aliphatic heterocycles. The quantitative estimate of drug-likeness (QED) is 0.364. The molecule has 33 heavy (non-hydrogen) atoms. The zero-order chi connectivity index (χ0) is 23.8. The van der Waals surface area contributed by atoms with Gasteiger partial charge < -0.3 is 13.9 Å². The highest BCUT2D eigenvalue weighted by atomic mass is 32.2. The van der Waals surface area contributed by atoms with E-state index in [9.17, 15) is 13.2 Å². The molecule has 7 nitrogen and oxygen atoms in total. The molecule has 0 saturated heterocycles. The number of benzene rings is 3. The van der Waals surface area contributed by atoms with Gasteiger partial charge in [0.25, 0.3) is 10.0 Å². The third-order valence-corrected chi connectivity index (χ3v) is 6.92. The molecule has 1 heterocycles. The van der Waals surface area contributed by atoms with Gasteiger partial charge in [0.1, 0.15) is 23.5 Å². The first-order valence-electron chi connectivity index (χ1n) is 10.4. The number of anilines is 1. The fraction of sp³-hybridized carbons (Fsp3) is 0.240. The molecule has 0 atom stereocenters. The summed E-state index contributed by atoms with van der Waals surface area (Å²) < 4.78 is 45.2. The Morgan fingerprint density at radius 3 is 2.27 bits per heavy atom. The lowest BCUT2D eigenvalue weighted by molar-refractivity contribution is 0.0594. The Balaban J connectivity index is 1.90. The number of carbonyl (C=O) groups excluding carboxylic acids is 1. The predicted octanol–water partition coefficient (Wildman–Crippen LogP) is 5.44. The van der Waals surface area contributed by atoms with Gasteiger partial charge in [-0.25, -0.2) is 13.2 Å². The Morgan fingerprint density at radius 1 is 1.00 bits per heavy atom. The summed E-state index contributed by atoms with van der Waals surface area (Å²) in [4.78, 5) is 12.7. The van der Waals surface area contributed by atoms with Crippen LogP contribution in [0, 0.1) is 0 Å². The lowest BCUT2D eigenvalue weighted by Crippen LogP contribution is -2.13. The molecule has 0 saturated carbocycles. The van der Waals surface area contributed by atoms with E-state index in [2.05, 4.69) is 4.72 Å². The monoisotopic (exact) mass is 467 g/mol. The van der Waals surface area contributed by atoms with Crippen LogP contribution in [0.25, 0.3) is 21.7 Å².